The minimum absolute atomic E-state index is 0.819. The summed E-state index contributed by atoms with van der Waals surface area (Å²) in [6.45, 7) is 1.77. The highest BCUT2D eigenvalue weighted by Crippen LogP contribution is 2.00. The second-order valence-corrected chi connectivity index (χ2v) is 2.04. The average Bonchev–Trinajstić information content (AvgIpc) is 1.62. The normalized spacial score (nSPS) is 22.0. The summed E-state index contributed by atoms with van der Waals surface area (Å²) in [4.78, 5) is 0. The van der Waals surface area contributed by atoms with Gasteiger partial charge in [-0.15, -0.1) is 0 Å². The summed E-state index contributed by atoms with van der Waals surface area (Å²) >= 11 is 0. The van der Waals surface area contributed by atoms with Crippen LogP contribution in [0.4, 0.5) is 0 Å². The van der Waals surface area contributed by atoms with Crippen molar-refractivity contribution in [2.45, 2.75) is 19.3 Å². The van der Waals surface area contributed by atoms with Gasteiger partial charge in [-0.3, -0.25) is 0 Å². The fraction of sp³-hybridized carbons (Fsp3) is 0.714. The summed E-state index contributed by atoms with van der Waals surface area (Å²) in [7, 11) is 0. The predicted molar refractivity (Wildman–Crippen MR) is 33.8 cm³/mol. The Morgan fingerprint density at radius 3 is 3.12 bits per heavy atom. The molecule has 0 saturated heterocycles. The molecule has 0 spiro atoms. The molecule has 0 fully saturated rings. The van der Waals surface area contributed by atoms with Crippen molar-refractivity contribution < 1.29 is 4.74 Å². The Morgan fingerprint density at radius 1 is 1.12 bits per heavy atom. The molecule has 0 unspecified atom stereocenters. The van der Waals surface area contributed by atoms with Crippen LogP contribution in [0.15, 0.2) is 12.2 Å². The van der Waals surface area contributed by atoms with Crippen LogP contribution in [0.3, 0.4) is 0 Å². The van der Waals surface area contributed by atoms with Gasteiger partial charge in [0.25, 0.3) is 0 Å². The number of rotatable bonds is 0. The first-order chi connectivity index (χ1) is 4.00. The molecule has 0 atom stereocenters. The molecule has 0 aromatic heterocycles. The van der Waals surface area contributed by atoms with E-state index >= 15 is 0 Å². The monoisotopic (exact) mass is 112 g/mol. The largest absolute Gasteiger partial charge is 0.377 e. The zero-order chi connectivity index (χ0) is 5.66. The second kappa shape index (κ2) is 3.67. The molecular formula is C7H12O. The van der Waals surface area contributed by atoms with E-state index < -0.39 is 0 Å². The molecular weight excluding hydrogens is 100 g/mol. The topological polar surface area (TPSA) is 9.23 Å². The van der Waals surface area contributed by atoms with Crippen LogP contribution in [0, 0.1) is 0 Å². The molecule has 0 amide bonds. The molecule has 0 N–H and O–H groups in total. The van der Waals surface area contributed by atoms with Crippen LogP contribution in [0.2, 0.25) is 0 Å². The Bertz CT molecular complexity index is 66.5. The van der Waals surface area contributed by atoms with Gasteiger partial charge in [0, 0.05) is 6.61 Å². The van der Waals surface area contributed by atoms with Gasteiger partial charge in [-0.25, -0.2) is 0 Å². The molecule has 0 aromatic rings. The maximum absolute atomic E-state index is 5.19. The van der Waals surface area contributed by atoms with Gasteiger partial charge < -0.3 is 4.74 Å². The lowest BCUT2D eigenvalue weighted by atomic mass is 10.2. The van der Waals surface area contributed by atoms with Crippen LogP contribution >= 0.6 is 0 Å². The minimum atomic E-state index is 0.819. The molecule has 8 heavy (non-hydrogen) atoms. The SMILES string of the molecule is C1=CCOCCCC1. The maximum atomic E-state index is 5.19. The van der Waals surface area contributed by atoms with Crippen molar-refractivity contribution in [2.75, 3.05) is 13.2 Å². The van der Waals surface area contributed by atoms with E-state index in [0.717, 1.165) is 13.2 Å². The first-order valence-corrected chi connectivity index (χ1v) is 3.23. The van der Waals surface area contributed by atoms with Crippen LogP contribution in [-0.2, 0) is 4.74 Å². The van der Waals surface area contributed by atoms with Gasteiger partial charge in [-0.1, -0.05) is 12.2 Å². The average molecular weight is 112 g/mol. The third kappa shape index (κ3) is 2.12. The molecule has 0 radical (unpaired) electrons. The first-order valence-electron chi connectivity index (χ1n) is 3.23. The zero-order valence-corrected chi connectivity index (χ0v) is 5.10. The lowest BCUT2D eigenvalue weighted by Gasteiger charge is -2.02. The third-order valence-electron chi connectivity index (χ3n) is 1.29. The first kappa shape index (κ1) is 5.83. The molecule has 1 aliphatic heterocycles. The fourth-order valence-corrected chi connectivity index (χ4v) is 0.804. The number of allylic oxidation sites excluding steroid dienone is 1. The predicted octanol–water partition coefficient (Wildman–Crippen LogP) is 1.74. The molecule has 0 bridgehead atoms. The lowest BCUT2D eigenvalue weighted by molar-refractivity contribution is 0.155. The summed E-state index contributed by atoms with van der Waals surface area (Å²) in [6, 6.07) is 0. The summed E-state index contributed by atoms with van der Waals surface area (Å²) in [5.41, 5.74) is 0. The van der Waals surface area contributed by atoms with E-state index in [9.17, 15) is 0 Å². The standard InChI is InChI=1S/C7H12O/c1-2-4-6-8-7-5-3-1/h2,4H,1,3,5-7H2. The summed E-state index contributed by atoms with van der Waals surface area (Å²) in [5.74, 6) is 0. The molecule has 0 aliphatic carbocycles. The smallest absolute Gasteiger partial charge is 0.0647 e. The summed E-state index contributed by atoms with van der Waals surface area (Å²) in [6.07, 6.45) is 8.04. The molecule has 0 saturated carbocycles. The Balaban J connectivity index is 2.17. The Kier molecular flexibility index (Phi) is 2.68. The van der Waals surface area contributed by atoms with Crippen molar-refractivity contribution in [3.05, 3.63) is 12.2 Å². The van der Waals surface area contributed by atoms with E-state index in [2.05, 4.69) is 12.2 Å². The fourth-order valence-electron chi connectivity index (χ4n) is 0.804. The van der Waals surface area contributed by atoms with Gasteiger partial charge in [-0.05, 0) is 19.3 Å². The van der Waals surface area contributed by atoms with E-state index in [1.165, 1.54) is 19.3 Å². The summed E-state index contributed by atoms with van der Waals surface area (Å²) in [5, 5.41) is 0. The molecule has 46 valence electrons. The number of hydrogen-bond acceptors (Lipinski definition) is 1. The highest BCUT2D eigenvalue weighted by Gasteiger charge is 1.89. The van der Waals surface area contributed by atoms with E-state index in [-0.39, 0.29) is 0 Å². The van der Waals surface area contributed by atoms with Crippen molar-refractivity contribution in [2.24, 2.45) is 0 Å². The van der Waals surface area contributed by atoms with Gasteiger partial charge in [-0.2, -0.15) is 0 Å². The van der Waals surface area contributed by atoms with E-state index in [1.807, 2.05) is 0 Å². The van der Waals surface area contributed by atoms with Crippen LogP contribution < -0.4 is 0 Å². The Labute approximate surface area is 50.3 Å². The van der Waals surface area contributed by atoms with Crippen molar-refractivity contribution in [3.63, 3.8) is 0 Å². The van der Waals surface area contributed by atoms with Crippen LogP contribution in [0.25, 0.3) is 0 Å². The lowest BCUT2D eigenvalue weighted by Crippen LogP contribution is -1.96. The van der Waals surface area contributed by atoms with Gasteiger partial charge in [0.1, 0.15) is 0 Å². The van der Waals surface area contributed by atoms with E-state index in [1.54, 1.807) is 0 Å². The molecule has 1 heterocycles. The molecule has 0 aromatic carbocycles. The number of ether oxygens (including phenoxy) is 1. The zero-order valence-electron chi connectivity index (χ0n) is 5.10. The maximum Gasteiger partial charge on any atom is 0.0647 e. The van der Waals surface area contributed by atoms with E-state index in [0.29, 0.717) is 0 Å². The Morgan fingerprint density at radius 2 is 2.12 bits per heavy atom. The van der Waals surface area contributed by atoms with E-state index in [4.69, 9.17) is 4.74 Å². The van der Waals surface area contributed by atoms with Crippen LogP contribution in [-0.4, -0.2) is 13.2 Å². The van der Waals surface area contributed by atoms with Gasteiger partial charge in [0.15, 0.2) is 0 Å². The number of hydrogen-bond donors (Lipinski definition) is 0. The quantitative estimate of drug-likeness (QED) is 0.434. The molecule has 1 aliphatic rings. The van der Waals surface area contributed by atoms with Crippen molar-refractivity contribution >= 4 is 0 Å². The van der Waals surface area contributed by atoms with Crippen LogP contribution in [0.1, 0.15) is 19.3 Å². The molecule has 1 nitrogen and oxygen atoms in total. The second-order valence-electron chi connectivity index (χ2n) is 2.04. The van der Waals surface area contributed by atoms with Crippen LogP contribution in [0.5, 0.6) is 0 Å². The molecule has 1 heteroatoms. The van der Waals surface area contributed by atoms with Crippen molar-refractivity contribution in [1.29, 1.82) is 0 Å². The third-order valence-corrected chi connectivity index (χ3v) is 1.29. The molecule has 1 rings (SSSR count). The van der Waals surface area contributed by atoms with Gasteiger partial charge in [0.2, 0.25) is 0 Å². The minimum Gasteiger partial charge on any atom is -0.377 e. The highest BCUT2D eigenvalue weighted by atomic mass is 16.5. The van der Waals surface area contributed by atoms with Gasteiger partial charge >= 0.3 is 0 Å². The van der Waals surface area contributed by atoms with Crippen molar-refractivity contribution in [1.82, 2.24) is 0 Å². The highest BCUT2D eigenvalue weighted by molar-refractivity contribution is 4.82. The van der Waals surface area contributed by atoms with Gasteiger partial charge in [0.05, 0.1) is 6.61 Å². The van der Waals surface area contributed by atoms with Crippen molar-refractivity contribution in [3.8, 4) is 0 Å². The summed E-state index contributed by atoms with van der Waals surface area (Å²) < 4.78 is 5.19. The Hall–Kier alpha value is -0.300.